The highest BCUT2D eigenvalue weighted by atomic mass is 35.5. The Labute approximate surface area is 229 Å². The van der Waals surface area contributed by atoms with Crippen molar-refractivity contribution in [2.45, 2.75) is 38.1 Å². The Morgan fingerprint density at radius 3 is 2.39 bits per heavy atom. The maximum absolute atomic E-state index is 13.9. The summed E-state index contributed by atoms with van der Waals surface area (Å²) in [5.74, 6) is -0.898. The number of hydrogen-bond acceptors (Lipinski definition) is 4. The highest BCUT2D eigenvalue weighted by Gasteiger charge is 2.52. The van der Waals surface area contributed by atoms with Crippen molar-refractivity contribution < 1.29 is 14.0 Å². The van der Waals surface area contributed by atoms with E-state index in [1.807, 2.05) is 44.2 Å². The third kappa shape index (κ3) is 3.64. The molecule has 0 radical (unpaired) electrons. The Morgan fingerprint density at radius 2 is 1.66 bits per heavy atom. The van der Waals surface area contributed by atoms with Crippen molar-refractivity contribution in [3.63, 3.8) is 0 Å². The fraction of sp³-hybridized carbons (Fsp3) is 0.194. The van der Waals surface area contributed by atoms with Crippen LogP contribution in [0.25, 0.3) is 16.5 Å². The van der Waals surface area contributed by atoms with Crippen LogP contribution in [0.3, 0.4) is 0 Å². The van der Waals surface area contributed by atoms with E-state index in [1.54, 1.807) is 35.2 Å². The third-order valence-corrected chi connectivity index (χ3v) is 8.14. The highest BCUT2D eigenvalue weighted by Crippen LogP contribution is 2.56. The normalized spacial score (nSPS) is 20.7. The molecule has 1 atom stereocenters. The first-order valence-corrected chi connectivity index (χ1v) is 13.0. The average molecular weight is 544 g/mol. The number of anilines is 1. The van der Waals surface area contributed by atoms with E-state index in [2.05, 4.69) is 6.92 Å². The number of fused-ring (bicyclic) bond motifs is 1. The van der Waals surface area contributed by atoms with E-state index in [-0.39, 0.29) is 17.0 Å². The van der Waals surface area contributed by atoms with Crippen LogP contribution >= 0.6 is 23.2 Å². The molecule has 0 saturated heterocycles. The quantitative estimate of drug-likeness (QED) is 0.155. The van der Waals surface area contributed by atoms with Crippen molar-refractivity contribution in [1.29, 1.82) is 0 Å². The molecule has 0 saturated carbocycles. The number of nitrogens with zero attached hydrogens (tertiary/aromatic N) is 1. The molecule has 38 heavy (non-hydrogen) atoms. The lowest BCUT2D eigenvalue weighted by atomic mass is 9.65. The summed E-state index contributed by atoms with van der Waals surface area (Å²) < 4.78 is 5.35. The Balaban J connectivity index is 1.55. The van der Waals surface area contributed by atoms with Crippen LogP contribution in [0, 0.1) is 0 Å². The molecular formula is C31H23Cl2NO4. The fourth-order valence-electron chi connectivity index (χ4n) is 6.08. The number of carbonyl (C=O) groups excluding carboxylic acids is 2. The molecule has 0 spiro atoms. The number of hydrogen-bond donors (Lipinski definition) is 0. The maximum Gasteiger partial charge on any atom is 0.347 e. The molecule has 190 valence electrons. The zero-order valence-electron chi connectivity index (χ0n) is 21.0. The van der Waals surface area contributed by atoms with Crippen LogP contribution < -0.4 is 10.5 Å². The number of rotatable bonds is 3. The molecule has 4 aromatic rings. The zero-order chi connectivity index (χ0) is 27.0. The Bertz CT molecular complexity index is 1770. The third-order valence-electron chi connectivity index (χ3n) is 7.67. The first-order chi connectivity index (χ1) is 18.0. The van der Waals surface area contributed by atoms with Crippen molar-refractivity contribution in [3.8, 4) is 0 Å². The second-order valence-corrected chi connectivity index (χ2v) is 11.6. The molecule has 3 aromatic carbocycles. The number of ketones is 1. The average Bonchev–Trinajstić information content (AvgIpc) is 3.14. The molecule has 7 heteroatoms. The lowest BCUT2D eigenvalue weighted by Gasteiger charge is -2.49. The van der Waals surface area contributed by atoms with Gasteiger partial charge in [-0.2, -0.15) is 0 Å². The molecular weight excluding hydrogens is 521 g/mol. The van der Waals surface area contributed by atoms with E-state index in [9.17, 15) is 14.4 Å². The smallest absolute Gasteiger partial charge is 0.347 e. The van der Waals surface area contributed by atoms with E-state index in [1.165, 1.54) is 12.1 Å². The Kier molecular flexibility index (Phi) is 5.46. The van der Waals surface area contributed by atoms with Gasteiger partial charge in [0, 0.05) is 31.9 Å². The van der Waals surface area contributed by atoms with Crippen LogP contribution in [0.1, 0.15) is 54.2 Å². The summed E-state index contributed by atoms with van der Waals surface area (Å²) in [6.45, 7) is 6.17. The van der Waals surface area contributed by atoms with E-state index in [4.69, 9.17) is 27.6 Å². The van der Waals surface area contributed by atoms with E-state index in [0.29, 0.717) is 33.0 Å². The minimum Gasteiger partial charge on any atom is -0.422 e. The van der Waals surface area contributed by atoms with Gasteiger partial charge >= 0.3 is 5.63 Å². The van der Waals surface area contributed by atoms with Gasteiger partial charge in [-0.15, -0.1) is 0 Å². The maximum atomic E-state index is 13.9. The topological polar surface area (TPSA) is 67.6 Å². The number of benzene rings is 3. The summed E-state index contributed by atoms with van der Waals surface area (Å²) in [6, 6.07) is 19.8. The molecule has 1 unspecified atom stereocenters. The number of amides is 1. The number of para-hydroxylation sites is 1. The van der Waals surface area contributed by atoms with Crippen molar-refractivity contribution in [2.75, 3.05) is 4.90 Å². The Hall–Kier alpha value is -3.67. The standard InChI is InChI=1S/C31H23Cl2NO4/c1-30(2)16-31(3,18-8-10-19(32)11-9-18)24-14-20(33)13-21-22(28(36)34(30)27(21)24)15-25(35)23-12-17-6-4-5-7-26(17)38-29(23)37/h4-15H,16H2,1-3H3. The second kappa shape index (κ2) is 8.42. The number of carbonyl (C=O) groups is 2. The first kappa shape index (κ1) is 24.7. The minimum absolute atomic E-state index is 0.133. The van der Waals surface area contributed by atoms with Crippen LogP contribution in [0.4, 0.5) is 5.69 Å². The van der Waals surface area contributed by atoms with Crippen molar-refractivity contribution in [1.82, 2.24) is 0 Å². The predicted molar refractivity (Wildman–Crippen MR) is 150 cm³/mol. The largest absolute Gasteiger partial charge is 0.422 e. The van der Waals surface area contributed by atoms with Crippen LogP contribution in [0.5, 0.6) is 0 Å². The number of allylic oxidation sites excluding steroid dienone is 1. The van der Waals surface area contributed by atoms with Gasteiger partial charge in [0.25, 0.3) is 5.91 Å². The minimum atomic E-state index is -0.750. The van der Waals surface area contributed by atoms with Gasteiger partial charge < -0.3 is 9.32 Å². The second-order valence-electron chi connectivity index (χ2n) is 10.7. The fourth-order valence-corrected chi connectivity index (χ4v) is 6.42. The van der Waals surface area contributed by atoms with E-state index in [0.717, 1.165) is 16.8 Å². The molecule has 3 heterocycles. The van der Waals surface area contributed by atoms with Crippen molar-refractivity contribution in [2.24, 2.45) is 0 Å². The molecule has 5 nitrogen and oxygen atoms in total. The predicted octanol–water partition coefficient (Wildman–Crippen LogP) is 7.20. The highest BCUT2D eigenvalue weighted by molar-refractivity contribution is 6.38. The SMILES string of the molecule is CC1(c2ccc(Cl)cc2)CC(C)(C)N2C(=O)C(=CC(=O)c3cc4ccccc4oc3=O)c3cc(Cl)cc1c32. The van der Waals surface area contributed by atoms with Crippen molar-refractivity contribution in [3.05, 3.63) is 116 Å². The van der Waals surface area contributed by atoms with Gasteiger partial charge in [0.2, 0.25) is 0 Å². The summed E-state index contributed by atoms with van der Waals surface area (Å²) in [7, 11) is 0. The zero-order valence-corrected chi connectivity index (χ0v) is 22.5. The molecule has 0 bridgehead atoms. The molecule has 0 aliphatic carbocycles. The van der Waals surface area contributed by atoms with E-state index < -0.39 is 22.4 Å². The first-order valence-electron chi connectivity index (χ1n) is 12.2. The van der Waals surface area contributed by atoms with Crippen LogP contribution in [0.2, 0.25) is 10.0 Å². The molecule has 2 aliphatic heterocycles. The monoisotopic (exact) mass is 543 g/mol. The molecule has 2 aliphatic rings. The number of halogens is 2. The van der Waals surface area contributed by atoms with E-state index >= 15 is 0 Å². The van der Waals surface area contributed by atoms with Gasteiger partial charge in [-0.1, -0.05) is 60.5 Å². The van der Waals surface area contributed by atoms with Gasteiger partial charge in [-0.3, -0.25) is 9.59 Å². The Morgan fingerprint density at radius 1 is 0.947 bits per heavy atom. The summed E-state index contributed by atoms with van der Waals surface area (Å²) in [5, 5.41) is 1.72. The van der Waals surface area contributed by atoms with Gasteiger partial charge in [0.05, 0.1) is 11.3 Å². The van der Waals surface area contributed by atoms with Gasteiger partial charge in [0.1, 0.15) is 11.1 Å². The van der Waals surface area contributed by atoms with Crippen LogP contribution in [-0.4, -0.2) is 17.2 Å². The van der Waals surface area contributed by atoms with Gasteiger partial charge in [0.15, 0.2) is 5.78 Å². The van der Waals surface area contributed by atoms with Gasteiger partial charge in [-0.05, 0) is 73.9 Å². The van der Waals surface area contributed by atoms with Gasteiger partial charge in [-0.25, -0.2) is 4.79 Å². The molecule has 1 amide bonds. The molecule has 1 aromatic heterocycles. The molecule has 0 N–H and O–H groups in total. The van der Waals surface area contributed by atoms with Crippen LogP contribution in [-0.2, 0) is 10.2 Å². The summed E-state index contributed by atoms with van der Waals surface area (Å²) in [5.41, 5.74) is 1.91. The summed E-state index contributed by atoms with van der Waals surface area (Å²) in [6.07, 6.45) is 1.86. The van der Waals surface area contributed by atoms with Crippen molar-refractivity contribution >= 4 is 57.1 Å². The lowest BCUT2D eigenvalue weighted by Crippen LogP contribution is -2.54. The van der Waals surface area contributed by atoms with Crippen LogP contribution in [0.15, 0.2) is 82.0 Å². The summed E-state index contributed by atoms with van der Waals surface area (Å²) >= 11 is 12.8. The lowest BCUT2D eigenvalue weighted by molar-refractivity contribution is -0.114. The molecule has 6 rings (SSSR count). The molecule has 0 fully saturated rings. The summed E-state index contributed by atoms with van der Waals surface area (Å²) in [4.78, 5) is 41.7.